The van der Waals surface area contributed by atoms with Gasteiger partial charge in [-0.3, -0.25) is 0 Å². The van der Waals surface area contributed by atoms with Crippen molar-refractivity contribution in [2.75, 3.05) is 0 Å². The molecule has 0 atom stereocenters. The van der Waals surface area contributed by atoms with Gasteiger partial charge < -0.3 is 0 Å². The molecule has 0 bridgehead atoms. The summed E-state index contributed by atoms with van der Waals surface area (Å²) in [5.41, 5.74) is 0. The van der Waals surface area contributed by atoms with E-state index in [9.17, 15) is 8.78 Å². The first-order valence-electron chi connectivity index (χ1n) is 5.01. The SMILES string of the molecule is Fc1ccc2cc3c(F)cccc3cc2c1. The third kappa shape index (κ3) is 1.34. The number of halogens is 2. The molecule has 0 nitrogen and oxygen atoms in total. The molecule has 3 rings (SSSR count). The molecule has 0 amide bonds. The Bertz CT molecular complexity index is 686. The summed E-state index contributed by atoms with van der Waals surface area (Å²) < 4.78 is 26.6. The van der Waals surface area contributed by atoms with E-state index in [1.807, 2.05) is 6.07 Å². The van der Waals surface area contributed by atoms with Gasteiger partial charge in [0.15, 0.2) is 0 Å². The van der Waals surface area contributed by atoms with Gasteiger partial charge in [0.25, 0.3) is 0 Å². The monoisotopic (exact) mass is 214 g/mol. The first kappa shape index (κ1) is 9.28. The Kier molecular flexibility index (Phi) is 1.90. The van der Waals surface area contributed by atoms with Crippen LogP contribution in [0.4, 0.5) is 8.78 Å². The van der Waals surface area contributed by atoms with Crippen molar-refractivity contribution in [3.05, 3.63) is 60.2 Å². The maximum absolute atomic E-state index is 13.5. The Morgan fingerprint density at radius 3 is 2.44 bits per heavy atom. The Balaban J connectivity index is 2.49. The van der Waals surface area contributed by atoms with Crippen LogP contribution in [0, 0.1) is 11.6 Å². The fourth-order valence-corrected chi connectivity index (χ4v) is 1.96. The number of hydrogen-bond donors (Lipinski definition) is 0. The Hall–Kier alpha value is -1.96. The molecular weight excluding hydrogens is 206 g/mol. The summed E-state index contributed by atoms with van der Waals surface area (Å²) in [4.78, 5) is 0. The minimum Gasteiger partial charge on any atom is -0.207 e. The molecule has 3 aromatic carbocycles. The predicted molar refractivity (Wildman–Crippen MR) is 61.4 cm³/mol. The first-order chi connectivity index (χ1) is 7.74. The minimum absolute atomic E-state index is 0.247. The lowest BCUT2D eigenvalue weighted by Gasteiger charge is -2.03. The maximum Gasteiger partial charge on any atom is 0.131 e. The molecule has 0 aliphatic heterocycles. The smallest absolute Gasteiger partial charge is 0.131 e. The molecule has 0 spiro atoms. The number of fused-ring (bicyclic) bond motifs is 2. The molecule has 0 unspecified atom stereocenters. The normalized spacial score (nSPS) is 11.1. The molecule has 0 N–H and O–H groups in total. The lowest BCUT2D eigenvalue weighted by Crippen LogP contribution is -1.81. The summed E-state index contributed by atoms with van der Waals surface area (Å²) >= 11 is 0. The summed E-state index contributed by atoms with van der Waals surface area (Å²) in [6, 6.07) is 13.0. The zero-order valence-electron chi connectivity index (χ0n) is 8.37. The highest BCUT2D eigenvalue weighted by atomic mass is 19.1. The molecule has 16 heavy (non-hydrogen) atoms. The van der Waals surface area contributed by atoms with Gasteiger partial charge in [0.2, 0.25) is 0 Å². The van der Waals surface area contributed by atoms with E-state index in [1.165, 1.54) is 18.2 Å². The minimum atomic E-state index is -0.275. The van der Waals surface area contributed by atoms with Crippen molar-refractivity contribution in [2.24, 2.45) is 0 Å². The van der Waals surface area contributed by atoms with Crippen LogP contribution in [-0.2, 0) is 0 Å². The van der Waals surface area contributed by atoms with Gasteiger partial charge in [-0.15, -0.1) is 0 Å². The van der Waals surface area contributed by atoms with Crippen LogP contribution in [-0.4, -0.2) is 0 Å². The number of rotatable bonds is 0. The van der Waals surface area contributed by atoms with Crippen LogP contribution < -0.4 is 0 Å². The molecular formula is C14H8F2. The Morgan fingerprint density at radius 1 is 0.688 bits per heavy atom. The highest BCUT2D eigenvalue weighted by Gasteiger charge is 2.02. The number of benzene rings is 3. The number of hydrogen-bond acceptors (Lipinski definition) is 0. The second-order valence-corrected chi connectivity index (χ2v) is 3.80. The van der Waals surface area contributed by atoms with E-state index in [1.54, 1.807) is 24.3 Å². The quantitative estimate of drug-likeness (QED) is 0.490. The third-order valence-corrected chi connectivity index (χ3v) is 2.75. The molecule has 78 valence electrons. The molecule has 0 radical (unpaired) electrons. The van der Waals surface area contributed by atoms with Gasteiger partial charge >= 0.3 is 0 Å². The Morgan fingerprint density at radius 2 is 1.56 bits per heavy atom. The van der Waals surface area contributed by atoms with Crippen molar-refractivity contribution in [3.63, 3.8) is 0 Å². The summed E-state index contributed by atoms with van der Waals surface area (Å²) in [5, 5.41) is 3.00. The predicted octanol–water partition coefficient (Wildman–Crippen LogP) is 4.27. The molecule has 0 fully saturated rings. The van der Waals surface area contributed by atoms with Crippen LogP contribution in [0.2, 0.25) is 0 Å². The average Bonchev–Trinajstić information content (AvgIpc) is 2.27. The van der Waals surface area contributed by atoms with Crippen LogP contribution in [0.1, 0.15) is 0 Å². The third-order valence-electron chi connectivity index (χ3n) is 2.75. The molecule has 2 heteroatoms. The first-order valence-corrected chi connectivity index (χ1v) is 5.01. The van der Waals surface area contributed by atoms with E-state index in [-0.39, 0.29) is 11.6 Å². The Labute approximate surface area is 91.1 Å². The zero-order chi connectivity index (χ0) is 11.1. The van der Waals surface area contributed by atoms with Crippen LogP contribution in [0.15, 0.2) is 48.5 Å². The molecule has 0 heterocycles. The molecule has 0 saturated carbocycles. The van der Waals surface area contributed by atoms with E-state index in [0.717, 1.165) is 16.2 Å². The van der Waals surface area contributed by atoms with Gasteiger partial charge in [-0.2, -0.15) is 0 Å². The van der Waals surface area contributed by atoms with E-state index in [0.29, 0.717) is 5.39 Å². The maximum atomic E-state index is 13.5. The van der Waals surface area contributed by atoms with E-state index >= 15 is 0 Å². The van der Waals surface area contributed by atoms with Crippen molar-refractivity contribution in [2.45, 2.75) is 0 Å². The van der Waals surface area contributed by atoms with Gasteiger partial charge in [0.1, 0.15) is 11.6 Å². The lowest BCUT2D eigenvalue weighted by atomic mass is 10.0. The fraction of sp³-hybridized carbons (Fsp3) is 0. The van der Waals surface area contributed by atoms with Crippen molar-refractivity contribution in [3.8, 4) is 0 Å². The molecule has 0 saturated heterocycles. The van der Waals surface area contributed by atoms with Gasteiger partial charge in [-0.1, -0.05) is 18.2 Å². The molecule has 0 aliphatic rings. The summed E-state index contributed by atoms with van der Waals surface area (Å²) in [6.45, 7) is 0. The average molecular weight is 214 g/mol. The van der Waals surface area contributed by atoms with E-state index < -0.39 is 0 Å². The fourth-order valence-electron chi connectivity index (χ4n) is 1.96. The van der Waals surface area contributed by atoms with Gasteiger partial charge in [-0.05, 0) is 46.5 Å². The van der Waals surface area contributed by atoms with E-state index in [4.69, 9.17) is 0 Å². The molecule has 3 aromatic rings. The lowest BCUT2D eigenvalue weighted by molar-refractivity contribution is 0.630. The van der Waals surface area contributed by atoms with Crippen molar-refractivity contribution < 1.29 is 8.78 Å². The standard InChI is InChI=1S/C14H8F2/c15-12-5-4-9-8-13-10(6-11(9)7-12)2-1-3-14(13)16/h1-8H. The molecule has 0 aromatic heterocycles. The van der Waals surface area contributed by atoms with E-state index in [2.05, 4.69) is 0 Å². The largest absolute Gasteiger partial charge is 0.207 e. The van der Waals surface area contributed by atoms with Crippen LogP contribution in [0.25, 0.3) is 21.5 Å². The van der Waals surface area contributed by atoms with Crippen LogP contribution >= 0.6 is 0 Å². The topological polar surface area (TPSA) is 0 Å². The van der Waals surface area contributed by atoms with Crippen LogP contribution in [0.5, 0.6) is 0 Å². The van der Waals surface area contributed by atoms with Gasteiger partial charge in [0, 0.05) is 5.39 Å². The highest BCUT2D eigenvalue weighted by Crippen LogP contribution is 2.25. The molecule has 0 aliphatic carbocycles. The van der Waals surface area contributed by atoms with Crippen molar-refractivity contribution >= 4 is 21.5 Å². The summed E-state index contributed by atoms with van der Waals surface area (Å²) in [5.74, 6) is -0.521. The van der Waals surface area contributed by atoms with Crippen molar-refractivity contribution in [1.29, 1.82) is 0 Å². The summed E-state index contributed by atoms with van der Waals surface area (Å²) in [6.07, 6.45) is 0. The summed E-state index contributed by atoms with van der Waals surface area (Å²) in [7, 11) is 0. The second-order valence-electron chi connectivity index (χ2n) is 3.80. The zero-order valence-corrected chi connectivity index (χ0v) is 8.37. The highest BCUT2D eigenvalue weighted by molar-refractivity contribution is 5.98. The van der Waals surface area contributed by atoms with Gasteiger partial charge in [0.05, 0.1) is 0 Å². The van der Waals surface area contributed by atoms with Crippen molar-refractivity contribution in [1.82, 2.24) is 0 Å². The van der Waals surface area contributed by atoms with Crippen LogP contribution in [0.3, 0.4) is 0 Å². The van der Waals surface area contributed by atoms with Gasteiger partial charge in [-0.25, -0.2) is 8.78 Å². The second kappa shape index (κ2) is 3.27.